The number of nitrogens with zero attached hydrogens (tertiary/aromatic N) is 5. The maximum absolute atomic E-state index is 12.5. The fraction of sp³-hybridized carbons (Fsp3) is 0.409. The highest BCUT2D eigenvalue weighted by Crippen LogP contribution is 2.22. The largest absolute Gasteiger partial charge is 0.497 e. The lowest BCUT2D eigenvalue weighted by atomic mass is 10.1. The lowest BCUT2D eigenvalue weighted by Gasteiger charge is -2.35. The molecule has 0 saturated carbocycles. The summed E-state index contributed by atoms with van der Waals surface area (Å²) in [6, 6.07) is 11.1. The Kier molecular flexibility index (Phi) is 6.48. The Labute approximate surface area is 186 Å². The summed E-state index contributed by atoms with van der Waals surface area (Å²) in [4.78, 5) is 41.0. The fourth-order valence-electron chi connectivity index (χ4n) is 3.80. The predicted molar refractivity (Wildman–Crippen MR) is 117 cm³/mol. The van der Waals surface area contributed by atoms with Gasteiger partial charge in [-0.3, -0.25) is 14.9 Å². The highest BCUT2D eigenvalue weighted by molar-refractivity contribution is 5.96. The number of aromatic nitrogens is 2. The first kappa shape index (κ1) is 21.5. The lowest BCUT2D eigenvalue weighted by molar-refractivity contribution is -0.131. The summed E-state index contributed by atoms with van der Waals surface area (Å²) in [5.74, 6) is 1.31. The van der Waals surface area contributed by atoms with Crippen molar-refractivity contribution in [1.29, 1.82) is 0 Å². The van der Waals surface area contributed by atoms with Gasteiger partial charge in [0.05, 0.1) is 12.8 Å². The number of benzene rings is 1. The molecule has 2 aliphatic rings. The molecule has 10 heteroatoms. The summed E-state index contributed by atoms with van der Waals surface area (Å²) in [6.07, 6.45) is 0.523. The number of carbonyl (C=O) groups is 3. The van der Waals surface area contributed by atoms with Gasteiger partial charge in [0.25, 0.3) is 0 Å². The highest BCUT2D eigenvalue weighted by atomic mass is 16.5. The molecular formula is C22H26N6O4. The van der Waals surface area contributed by atoms with Crippen LogP contribution in [0.3, 0.4) is 0 Å². The number of amides is 4. The molecule has 2 saturated heterocycles. The van der Waals surface area contributed by atoms with Gasteiger partial charge in [0.2, 0.25) is 11.8 Å². The molecule has 1 aromatic carbocycles. The van der Waals surface area contributed by atoms with Gasteiger partial charge in [0.1, 0.15) is 5.75 Å². The van der Waals surface area contributed by atoms with Crippen molar-refractivity contribution in [2.45, 2.75) is 12.8 Å². The van der Waals surface area contributed by atoms with E-state index < -0.39 is 6.03 Å². The number of rotatable bonds is 6. The molecule has 4 amide bonds. The Morgan fingerprint density at radius 1 is 1.00 bits per heavy atom. The Hall–Kier alpha value is -3.69. The van der Waals surface area contributed by atoms with Gasteiger partial charge in [-0.1, -0.05) is 0 Å². The number of hydrogen-bond acceptors (Lipinski definition) is 7. The van der Waals surface area contributed by atoms with E-state index in [9.17, 15) is 14.4 Å². The van der Waals surface area contributed by atoms with Gasteiger partial charge in [-0.25, -0.2) is 4.79 Å². The van der Waals surface area contributed by atoms with E-state index in [1.807, 2.05) is 41.3 Å². The molecule has 168 valence electrons. The van der Waals surface area contributed by atoms with Crippen molar-refractivity contribution in [3.63, 3.8) is 0 Å². The van der Waals surface area contributed by atoms with Crippen LogP contribution in [0.1, 0.15) is 12.8 Å². The van der Waals surface area contributed by atoms with E-state index in [2.05, 4.69) is 20.4 Å². The second-order valence-electron chi connectivity index (χ2n) is 7.71. The first-order valence-corrected chi connectivity index (χ1v) is 10.6. The molecule has 32 heavy (non-hydrogen) atoms. The first-order valence-electron chi connectivity index (χ1n) is 10.6. The van der Waals surface area contributed by atoms with Crippen molar-refractivity contribution in [3.05, 3.63) is 36.4 Å². The summed E-state index contributed by atoms with van der Waals surface area (Å²) in [7, 11) is 1.63. The zero-order valence-electron chi connectivity index (χ0n) is 18.0. The molecular weight excluding hydrogens is 412 g/mol. The van der Waals surface area contributed by atoms with E-state index in [1.165, 1.54) is 4.90 Å². The van der Waals surface area contributed by atoms with Gasteiger partial charge >= 0.3 is 6.03 Å². The smallest absolute Gasteiger partial charge is 0.324 e. The van der Waals surface area contributed by atoms with Gasteiger partial charge in [-0.15, -0.1) is 10.2 Å². The summed E-state index contributed by atoms with van der Waals surface area (Å²) in [5, 5.41) is 11.0. The van der Waals surface area contributed by atoms with Gasteiger partial charge in [-0.2, -0.15) is 0 Å². The Morgan fingerprint density at radius 2 is 1.75 bits per heavy atom. The van der Waals surface area contributed by atoms with Crippen LogP contribution in [-0.2, 0) is 9.59 Å². The maximum atomic E-state index is 12.5. The number of piperazine rings is 1. The molecule has 2 aromatic rings. The van der Waals surface area contributed by atoms with Crippen LogP contribution in [0.2, 0.25) is 0 Å². The highest BCUT2D eigenvalue weighted by Gasteiger charge is 2.26. The van der Waals surface area contributed by atoms with Crippen molar-refractivity contribution in [1.82, 2.24) is 25.3 Å². The van der Waals surface area contributed by atoms with E-state index in [4.69, 9.17) is 4.74 Å². The molecule has 2 aliphatic heterocycles. The first-order chi connectivity index (χ1) is 15.5. The second kappa shape index (κ2) is 9.63. The van der Waals surface area contributed by atoms with Gasteiger partial charge < -0.3 is 19.4 Å². The van der Waals surface area contributed by atoms with Crippen LogP contribution in [0, 0.1) is 0 Å². The number of carbonyl (C=O) groups excluding carboxylic acids is 3. The van der Waals surface area contributed by atoms with Crippen LogP contribution < -0.4 is 15.0 Å². The maximum Gasteiger partial charge on any atom is 0.324 e. The van der Waals surface area contributed by atoms with Crippen LogP contribution >= 0.6 is 0 Å². The van der Waals surface area contributed by atoms with Gasteiger partial charge in [0.15, 0.2) is 5.82 Å². The average molecular weight is 438 g/mol. The third-order valence-electron chi connectivity index (χ3n) is 5.73. The molecule has 10 nitrogen and oxygen atoms in total. The minimum atomic E-state index is -0.421. The van der Waals surface area contributed by atoms with Gasteiger partial charge in [0, 0.05) is 57.7 Å². The number of urea groups is 1. The molecule has 0 bridgehead atoms. The van der Waals surface area contributed by atoms with Crippen molar-refractivity contribution < 1.29 is 19.1 Å². The zero-order chi connectivity index (χ0) is 22.5. The summed E-state index contributed by atoms with van der Waals surface area (Å²) < 4.78 is 5.18. The molecule has 3 heterocycles. The average Bonchev–Trinajstić information content (AvgIpc) is 2.83. The number of imide groups is 1. The van der Waals surface area contributed by atoms with Crippen molar-refractivity contribution in [2.24, 2.45) is 0 Å². The minimum Gasteiger partial charge on any atom is -0.497 e. The van der Waals surface area contributed by atoms with E-state index >= 15 is 0 Å². The van der Waals surface area contributed by atoms with E-state index in [-0.39, 0.29) is 24.7 Å². The molecule has 2 fully saturated rings. The van der Waals surface area contributed by atoms with Gasteiger partial charge in [-0.05, 0) is 36.4 Å². The van der Waals surface area contributed by atoms with E-state index in [1.54, 1.807) is 7.11 Å². The lowest BCUT2D eigenvalue weighted by Crippen LogP contribution is -2.52. The van der Waals surface area contributed by atoms with Crippen molar-refractivity contribution in [3.8, 4) is 17.0 Å². The van der Waals surface area contributed by atoms with Crippen LogP contribution in [0.15, 0.2) is 36.4 Å². The zero-order valence-corrected chi connectivity index (χ0v) is 18.0. The van der Waals surface area contributed by atoms with Crippen molar-refractivity contribution >= 4 is 23.7 Å². The predicted octanol–water partition coefficient (Wildman–Crippen LogP) is 1.13. The summed E-state index contributed by atoms with van der Waals surface area (Å²) >= 11 is 0. The molecule has 4 rings (SSSR count). The molecule has 0 aliphatic carbocycles. The normalized spacial score (nSPS) is 16.7. The quantitative estimate of drug-likeness (QED) is 0.720. The van der Waals surface area contributed by atoms with Crippen LogP contribution in [0.4, 0.5) is 10.6 Å². The molecule has 0 radical (unpaired) electrons. The fourth-order valence-corrected chi connectivity index (χ4v) is 3.80. The minimum absolute atomic E-state index is 0.00953. The van der Waals surface area contributed by atoms with Crippen LogP contribution in [-0.4, -0.2) is 84.2 Å². The molecule has 1 N–H and O–H groups in total. The van der Waals surface area contributed by atoms with Crippen LogP contribution in [0.5, 0.6) is 5.75 Å². The number of methoxy groups -OCH3 is 1. The van der Waals surface area contributed by atoms with Crippen LogP contribution in [0.25, 0.3) is 11.3 Å². The van der Waals surface area contributed by atoms with Crippen molar-refractivity contribution in [2.75, 3.05) is 51.3 Å². The topological polar surface area (TPSA) is 108 Å². The third kappa shape index (κ3) is 4.96. The second-order valence-corrected chi connectivity index (χ2v) is 7.71. The summed E-state index contributed by atoms with van der Waals surface area (Å²) in [6.45, 7) is 3.19. The molecule has 1 aromatic heterocycles. The number of ether oxygens (including phenoxy) is 1. The summed E-state index contributed by atoms with van der Waals surface area (Å²) in [5.41, 5.74) is 1.75. The van der Waals surface area contributed by atoms with E-state index in [0.29, 0.717) is 39.3 Å². The monoisotopic (exact) mass is 438 g/mol. The molecule has 0 spiro atoms. The number of nitrogens with one attached hydrogen (secondary N) is 1. The number of anilines is 1. The Morgan fingerprint density at radius 3 is 2.38 bits per heavy atom. The SMILES string of the molecule is COc1ccc(-c2ccc(N3CCN(C(=O)CCN4CCC(=O)NC4=O)CC3)nn2)cc1. The molecule has 0 unspecified atom stereocenters. The number of hydrogen-bond donors (Lipinski definition) is 1. The Bertz CT molecular complexity index is 971. The molecule has 0 atom stereocenters. The van der Waals surface area contributed by atoms with E-state index in [0.717, 1.165) is 22.8 Å². The standard InChI is InChI=1S/C22H26N6O4/c1-32-17-4-2-16(3-5-17)18-6-7-19(25-24-18)26-12-14-27(15-13-26)21(30)9-11-28-10-8-20(29)23-22(28)31/h2-7H,8-15H2,1H3,(H,23,29,31). The Balaban J connectivity index is 1.26. The third-order valence-corrected chi connectivity index (χ3v) is 5.73.